The number of anilines is 1. The minimum atomic E-state index is -1.15. The van der Waals surface area contributed by atoms with Crippen LogP contribution < -0.4 is 15.4 Å². The van der Waals surface area contributed by atoms with Crippen molar-refractivity contribution in [1.82, 2.24) is 0 Å². The van der Waals surface area contributed by atoms with Crippen LogP contribution in [-0.2, 0) is 4.79 Å². The van der Waals surface area contributed by atoms with Crippen LogP contribution in [0, 0.1) is 0 Å². The summed E-state index contributed by atoms with van der Waals surface area (Å²) in [4.78, 5) is 13.2. The number of aliphatic carboxylic acids is 1. The monoisotopic (exact) mass is 298 g/mol. The second-order valence-electron chi connectivity index (χ2n) is 4.91. The lowest BCUT2D eigenvalue weighted by Crippen LogP contribution is -2.30. The van der Waals surface area contributed by atoms with Gasteiger partial charge >= 0.3 is 5.97 Å². The van der Waals surface area contributed by atoms with Gasteiger partial charge in [0.25, 0.3) is 0 Å². The Bertz CT molecular complexity index is 501. The van der Waals surface area contributed by atoms with E-state index in [4.69, 9.17) is 27.2 Å². The molecule has 0 bridgehead atoms. The highest BCUT2D eigenvalue weighted by Gasteiger charge is 2.22. The first-order chi connectivity index (χ1) is 9.54. The third kappa shape index (κ3) is 2.99. The smallest absolute Gasteiger partial charge is 0.325 e. The molecule has 0 saturated carbocycles. The lowest BCUT2D eigenvalue weighted by Gasteiger charge is -2.30. The topological polar surface area (TPSA) is 75.8 Å². The highest BCUT2D eigenvalue weighted by Crippen LogP contribution is 2.37. The Labute approximate surface area is 123 Å². The van der Waals surface area contributed by atoms with Crippen molar-refractivity contribution in [2.45, 2.75) is 25.3 Å². The Balaban J connectivity index is 2.39. The van der Waals surface area contributed by atoms with Crippen molar-refractivity contribution in [3.05, 3.63) is 22.7 Å². The van der Waals surface area contributed by atoms with E-state index in [0.29, 0.717) is 16.3 Å². The van der Waals surface area contributed by atoms with Crippen LogP contribution in [-0.4, -0.2) is 31.3 Å². The van der Waals surface area contributed by atoms with E-state index in [-0.39, 0.29) is 0 Å². The maximum absolute atomic E-state index is 11.0. The van der Waals surface area contributed by atoms with E-state index in [9.17, 15) is 4.79 Å². The van der Waals surface area contributed by atoms with Gasteiger partial charge in [0.05, 0.1) is 12.8 Å². The first-order valence-corrected chi connectivity index (χ1v) is 7.03. The number of carboxylic acid groups (broad SMARTS) is 1. The molecule has 0 aromatic heterocycles. The standard InChI is InChI=1S/C14H19ClN2O3/c1-20-12-7-9(13(16)14(18)19)10(15)8-11(12)17-5-3-2-4-6-17/h7-8,13H,2-6,16H2,1H3,(H,18,19)/t13-/m0/s1. The largest absolute Gasteiger partial charge is 0.495 e. The second kappa shape index (κ2) is 6.33. The average Bonchev–Trinajstić information content (AvgIpc) is 2.47. The maximum atomic E-state index is 11.0. The highest BCUT2D eigenvalue weighted by atomic mass is 35.5. The van der Waals surface area contributed by atoms with E-state index in [1.54, 1.807) is 19.2 Å². The summed E-state index contributed by atoms with van der Waals surface area (Å²) in [5.41, 5.74) is 6.91. The molecule has 20 heavy (non-hydrogen) atoms. The van der Waals surface area contributed by atoms with Gasteiger partial charge in [-0.2, -0.15) is 0 Å². The van der Waals surface area contributed by atoms with Gasteiger partial charge < -0.3 is 20.5 Å². The predicted molar refractivity (Wildman–Crippen MR) is 78.6 cm³/mol. The van der Waals surface area contributed by atoms with Gasteiger partial charge in [0, 0.05) is 23.7 Å². The molecule has 1 atom stereocenters. The minimum Gasteiger partial charge on any atom is -0.495 e. The molecule has 1 heterocycles. The first kappa shape index (κ1) is 14.9. The summed E-state index contributed by atoms with van der Waals surface area (Å²) in [6.45, 7) is 1.91. The van der Waals surface area contributed by atoms with E-state index >= 15 is 0 Å². The Hall–Kier alpha value is -1.46. The van der Waals surface area contributed by atoms with Gasteiger partial charge in [0.2, 0.25) is 0 Å². The van der Waals surface area contributed by atoms with Crippen molar-refractivity contribution >= 4 is 23.3 Å². The van der Waals surface area contributed by atoms with Crippen LogP contribution in [0.15, 0.2) is 12.1 Å². The van der Waals surface area contributed by atoms with Crippen LogP contribution >= 0.6 is 11.6 Å². The molecular formula is C14H19ClN2O3. The number of ether oxygens (including phenoxy) is 1. The number of piperidine rings is 1. The number of nitrogens with two attached hydrogens (primary N) is 1. The average molecular weight is 299 g/mol. The van der Waals surface area contributed by atoms with E-state index in [1.807, 2.05) is 0 Å². The third-order valence-electron chi connectivity index (χ3n) is 3.60. The highest BCUT2D eigenvalue weighted by molar-refractivity contribution is 6.32. The summed E-state index contributed by atoms with van der Waals surface area (Å²) >= 11 is 6.19. The van der Waals surface area contributed by atoms with Crippen LogP contribution in [0.1, 0.15) is 30.9 Å². The van der Waals surface area contributed by atoms with Crippen LogP contribution in [0.5, 0.6) is 5.75 Å². The molecule has 1 aromatic rings. The molecule has 0 amide bonds. The number of methoxy groups -OCH3 is 1. The lowest BCUT2D eigenvalue weighted by atomic mass is 10.0. The summed E-state index contributed by atoms with van der Waals surface area (Å²) in [6, 6.07) is 2.24. The minimum absolute atomic E-state index is 0.362. The van der Waals surface area contributed by atoms with Crippen LogP contribution in [0.25, 0.3) is 0 Å². The predicted octanol–water partition coefficient (Wildman–Crippen LogP) is 2.42. The molecule has 5 nitrogen and oxygen atoms in total. The summed E-state index contributed by atoms with van der Waals surface area (Å²) in [6.07, 6.45) is 3.50. The van der Waals surface area contributed by atoms with Gasteiger partial charge in [-0.15, -0.1) is 0 Å². The SMILES string of the molecule is COc1cc([C@H](N)C(=O)O)c(Cl)cc1N1CCCCC1. The summed E-state index contributed by atoms with van der Waals surface area (Å²) < 4.78 is 5.38. The zero-order valence-corrected chi connectivity index (χ0v) is 12.2. The van der Waals surface area contributed by atoms with Crippen LogP contribution in [0.3, 0.4) is 0 Å². The molecular weight excluding hydrogens is 280 g/mol. The first-order valence-electron chi connectivity index (χ1n) is 6.65. The van der Waals surface area contributed by atoms with Crippen molar-refractivity contribution in [2.75, 3.05) is 25.1 Å². The van der Waals surface area contributed by atoms with Gasteiger partial charge in [0.1, 0.15) is 11.8 Å². The number of rotatable bonds is 4. The normalized spacial score (nSPS) is 16.9. The molecule has 0 spiro atoms. The van der Waals surface area contributed by atoms with Crippen molar-refractivity contribution in [3.8, 4) is 5.75 Å². The van der Waals surface area contributed by atoms with E-state index in [0.717, 1.165) is 31.6 Å². The quantitative estimate of drug-likeness (QED) is 0.893. The fraction of sp³-hybridized carbons (Fsp3) is 0.500. The number of benzene rings is 1. The molecule has 0 unspecified atom stereocenters. The molecule has 6 heteroatoms. The molecule has 1 aromatic carbocycles. The Kier molecular flexibility index (Phi) is 4.73. The van der Waals surface area contributed by atoms with Gasteiger partial charge in [-0.3, -0.25) is 4.79 Å². The van der Waals surface area contributed by atoms with Gasteiger partial charge in [0.15, 0.2) is 0 Å². The molecule has 1 fully saturated rings. The zero-order chi connectivity index (χ0) is 14.7. The lowest BCUT2D eigenvalue weighted by molar-refractivity contribution is -0.138. The fourth-order valence-electron chi connectivity index (χ4n) is 2.48. The molecule has 1 aliphatic heterocycles. The Morgan fingerprint density at radius 3 is 2.60 bits per heavy atom. The molecule has 1 aliphatic rings. The van der Waals surface area contributed by atoms with Crippen LogP contribution in [0.4, 0.5) is 5.69 Å². The number of hydrogen-bond donors (Lipinski definition) is 2. The van der Waals surface area contributed by atoms with Gasteiger partial charge in [-0.05, 0) is 31.4 Å². The number of halogens is 1. The molecule has 110 valence electrons. The maximum Gasteiger partial charge on any atom is 0.325 e. The zero-order valence-electron chi connectivity index (χ0n) is 11.4. The van der Waals surface area contributed by atoms with E-state index in [2.05, 4.69) is 4.90 Å². The fourth-order valence-corrected chi connectivity index (χ4v) is 2.75. The van der Waals surface area contributed by atoms with Crippen molar-refractivity contribution in [2.24, 2.45) is 5.73 Å². The molecule has 0 aliphatic carbocycles. The van der Waals surface area contributed by atoms with Crippen molar-refractivity contribution in [3.63, 3.8) is 0 Å². The molecule has 2 rings (SSSR count). The molecule has 3 N–H and O–H groups in total. The number of carbonyl (C=O) groups is 1. The Morgan fingerprint density at radius 1 is 1.40 bits per heavy atom. The molecule has 0 radical (unpaired) electrons. The van der Waals surface area contributed by atoms with Crippen molar-refractivity contribution in [1.29, 1.82) is 0 Å². The summed E-state index contributed by atoms with van der Waals surface area (Å²) in [7, 11) is 1.56. The third-order valence-corrected chi connectivity index (χ3v) is 3.92. The summed E-state index contributed by atoms with van der Waals surface area (Å²) in [5.74, 6) is -0.498. The summed E-state index contributed by atoms with van der Waals surface area (Å²) in [5, 5.41) is 9.37. The van der Waals surface area contributed by atoms with Crippen molar-refractivity contribution < 1.29 is 14.6 Å². The van der Waals surface area contributed by atoms with Gasteiger partial charge in [-0.25, -0.2) is 0 Å². The van der Waals surface area contributed by atoms with Gasteiger partial charge in [-0.1, -0.05) is 11.6 Å². The Morgan fingerprint density at radius 2 is 2.05 bits per heavy atom. The second-order valence-corrected chi connectivity index (χ2v) is 5.32. The van der Waals surface area contributed by atoms with E-state index < -0.39 is 12.0 Å². The number of nitrogens with zero attached hydrogens (tertiary/aromatic N) is 1. The van der Waals surface area contributed by atoms with E-state index in [1.165, 1.54) is 6.42 Å². The number of hydrogen-bond acceptors (Lipinski definition) is 4. The van der Waals surface area contributed by atoms with Crippen LogP contribution in [0.2, 0.25) is 5.02 Å². The number of carboxylic acids is 1. The molecule has 1 saturated heterocycles.